The molecule has 1 atom stereocenters. The lowest BCUT2D eigenvalue weighted by Gasteiger charge is -2.15. The number of rotatable bonds is 6. The van der Waals surface area contributed by atoms with Crippen molar-refractivity contribution in [2.45, 2.75) is 19.9 Å². The van der Waals surface area contributed by atoms with Crippen LogP contribution >= 0.6 is 22.9 Å². The van der Waals surface area contributed by atoms with Crippen LogP contribution in [0.15, 0.2) is 47.5 Å². The Kier molecular flexibility index (Phi) is 6.84. The molecule has 1 heterocycles. The zero-order chi connectivity index (χ0) is 21.0. The maximum absolute atomic E-state index is 12.7. The van der Waals surface area contributed by atoms with Crippen molar-refractivity contribution < 1.29 is 14.3 Å². The molecule has 0 saturated heterocycles. The van der Waals surface area contributed by atoms with E-state index in [4.69, 9.17) is 16.3 Å². The number of benzene rings is 2. The molecule has 152 valence electrons. The van der Waals surface area contributed by atoms with E-state index >= 15 is 0 Å². The third-order valence-corrected chi connectivity index (χ3v) is 5.68. The van der Waals surface area contributed by atoms with Crippen molar-refractivity contribution in [3.63, 3.8) is 0 Å². The van der Waals surface area contributed by atoms with Gasteiger partial charge in [0.15, 0.2) is 4.80 Å². The van der Waals surface area contributed by atoms with Crippen LogP contribution in [0.1, 0.15) is 28.9 Å². The monoisotopic (exact) mass is 431 g/mol. The lowest BCUT2D eigenvalue weighted by molar-refractivity contribution is -0.124. The van der Waals surface area contributed by atoms with Crippen LogP contribution in [0.3, 0.4) is 0 Å². The molecule has 0 aliphatic carbocycles. The third kappa shape index (κ3) is 4.93. The Labute approximate surface area is 177 Å². The Morgan fingerprint density at radius 3 is 2.79 bits per heavy atom. The molecule has 3 aromatic rings. The molecule has 0 radical (unpaired) electrons. The number of thiazole rings is 1. The summed E-state index contributed by atoms with van der Waals surface area (Å²) in [6, 6.07) is 12.1. The van der Waals surface area contributed by atoms with Gasteiger partial charge in [0.25, 0.3) is 5.91 Å². The average Bonchev–Trinajstić information content (AvgIpc) is 3.04. The van der Waals surface area contributed by atoms with E-state index in [9.17, 15) is 9.59 Å². The molecule has 6 nitrogen and oxygen atoms in total. The molecular weight excluding hydrogens is 410 g/mol. The minimum Gasteiger partial charge on any atom is -0.383 e. The summed E-state index contributed by atoms with van der Waals surface area (Å²) in [7, 11) is 1.58. The molecule has 8 heteroatoms. The summed E-state index contributed by atoms with van der Waals surface area (Å²) in [4.78, 5) is 30.1. The van der Waals surface area contributed by atoms with Crippen LogP contribution in [0.5, 0.6) is 0 Å². The van der Waals surface area contributed by atoms with Gasteiger partial charge >= 0.3 is 0 Å². The lowest BCUT2D eigenvalue weighted by Crippen LogP contribution is -2.36. The fraction of sp³-hybridized carbons (Fsp3) is 0.286. The summed E-state index contributed by atoms with van der Waals surface area (Å²) in [5.41, 5.74) is 2.35. The normalized spacial score (nSPS) is 12.9. The van der Waals surface area contributed by atoms with Crippen LogP contribution in [0.4, 0.5) is 0 Å². The van der Waals surface area contributed by atoms with Gasteiger partial charge in [0.2, 0.25) is 5.91 Å². The van der Waals surface area contributed by atoms with Crippen LogP contribution in [-0.2, 0) is 9.53 Å². The number of hydrogen-bond donors (Lipinski definition) is 1. The van der Waals surface area contributed by atoms with Crippen molar-refractivity contribution >= 4 is 45.0 Å². The first-order valence-corrected chi connectivity index (χ1v) is 10.3. The van der Waals surface area contributed by atoms with Gasteiger partial charge in [0, 0.05) is 24.2 Å². The summed E-state index contributed by atoms with van der Waals surface area (Å²) in [5.74, 6) is -0.574. The Morgan fingerprint density at radius 1 is 1.28 bits per heavy atom. The van der Waals surface area contributed by atoms with E-state index in [0.717, 1.165) is 15.8 Å². The number of hydrogen-bond acceptors (Lipinski definition) is 4. The number of aryl methyl sites for hydroxylation is 1. The van der Waals surface area contributed by atoms with Gasteiger partial charge in [-0.2, -0.15) is 4.99 Å². The van der Waals surface area contributed by atoms with E-state index in [-0.39, 0.29) is 5.91 Å². The number of amides is 2. The second-order valence-electron chi connectivity index (χ2n) is 6.61. The van der Waals surface area contributed by atoms with E-state index < -0.39 is 11.9 Å². The van der Waals surface area contributed by atoms with Crippen molar-refractivity contribution in [1.82, 2.24) is 9.88 Å². The second-order valence-corrected chi connectivity index (χ2v) is 8.06. The van der Waals surface area contributed by atoms with E-state index in [1.54, 1.807) is 42.9 Å². The van der Waals surface area contributed by atoms with Gasteiger partial charge in [-0.1, -0.05) is 35.1 Å². The molecule has 0 aliphatic heterocycles. The third-order valence-electron chi connectivity index (χ3n) is 4.42. The number of nitrogens with one attached hydrogen (secondary N) is 1. The number of ether oxygens (including phenoxy) is 1. The number of carbonyl (C=O) groups excluding carboxylic acids is 2. The van der Waals surface area contributed by atoms with Gasteiger partial charge in [0.1, 0.15) is 6.04 Å². The van der Waals surface area contributed by atoms with Gasteiger partial charge in [-0.15, -0.1) is 0 Å². The molecule has 0 bridgehead atoms. The largest absolute Gasteiger partial charge is 0.383 e. The summed E-state index contributed by atoms with van der Waals surface area (Å²) >= 11 is 7.37. The molecule has 1 N–H and O–H groups in total. The Bertz CT molecular complexity index is 1120. The lowest BCUT2D eigenvalue weighted by atomic mass is 10.2. The number of carbonyl (C=O) groups is 2. The zero-order valence-corrected chi connectivity index (χ0v) is 18.0. The Morgan fingerprint density at radius 2 is 2.07 bits per heavy atom. The van der Waals surface area contributed by atoms with Crippen LogP contribution in [-0.4, -0.2) is 36.6 Å². The highest BCUT2D eigenvalue weighted by molar-refractivity contribution is 7.16. The van der Waals surface area contributed by atoms with E-state index in [1.807, 2.05) is 25.1 Å². The summed E-state index contributed by atoms with van der Waals surface area (Å²) < 4.78 is 7.74. The highest BCUT2D eigenvalue weighted by Crippen LogP contribution is 2.22. The van der Waals surface area contributed by atoms with Crippen LogP contribution in [0, 0.1) is 6.92 Å². The molecule has 0 spiro atoms. The minimum absolute atomic E-state index is 0.168. The fourth-order valence-corrected chi connectivity index (χ4v) is 4.30. The predicted molar refractivity (Wildman–Crippen MR) is 115 cm³/mol. The summed E-state index contributed by atoms with van der Waals surface area (Å²) in [6.45, 7) is 4.63. The molecule has 2 aromatic carbocycles. The van der Waals surface area contributed by atoms with Gasteiger partial charge < -0.3 is 14.6 Å². The number of fused-ring (bicyclic) bond motifs is 1. The first-order valence-electron chi connectivity index (χ1n) is 9.13. The maximum atomic E-state index is 12.7. The summed E-state index contributed by atoms with van der Waals surface area (Å²) in [5, 5.41) is 3.31. The highest BCUT2D eigenvalue weighted by atomic mass is 35.5. The average molecular weight is 432 g/mol. The van der Waals surface area contributed by atoms with Crippen molar-refractivity contribution in [1.29, 1.82) is 0 Å². The van der Waals surface area contributed by atoms with Crippen molar-refractivity contribution in [2.75, 3.05) is 20.3 Å². The van der Waals surface area contributed by atoms with Gasteiger partial charge in [0.05, 0.1) is 16.8 Å². The summed E-state index contributed by atoms with van der Waals surface area (Å²) in [6.07, 6.45) is 0. The Hall–Kier alpha value is -2.48. The van der Waals surface area contributed by atoms with Crippen LogP contribution in [0.2, 0.25) is 5.02 Å². The molecule has 0 fully saturated rings. The maximum Gasteiger partial charge on any atom is 0.279 e. The minimum atomic E-state index is -0.547. The molecule has 0 unspecified atom stereocenters. The molecule has 0 saturated carbocycles. The number of halogens is 1. The number of nitrogens with zero attached hydrogens (tertiary/aromatic N) is 2. The van der Waals surface area contributed by atoms with Gasteiger partial charge in [-0.3, -0.25) is 9.59 Å². The predicted octanol–water partition coefficient (Wildman–Crippen LogP) is 3.73. The van der Waals surface area contributed by atoms with E-state index in [0.29, 0.717) is 28.5 Å². The number of methoxy groups -OCH3 is 1. The SMILES string of the molecule is COCCNC(=O)[C@H](C)n1c(=NC(=O)c2cccc(Cl)c2)sc2cc(C)ccc21. The smallest absolute Gasteiger partial charge is 0.279 e. The molecule has 29 heavy (non-hydrogen) atoms. The molecule has 1 aromatic heterocycles. The van der Waals surface area contributed by atoms with Gasteiger partial charge in [-0.05, 0) is 49.7 Å². The topological polar surface area (TPSA) is 72.7 Å². The van der Waals surface area contributed by atoms with E-state index in [2.05, 4.69) is 10.3 Å². The van der Waals surface area contributed by atoms with Gasteiger partial charge in [-0.25, -0.2) is 0 Å². The van der Waals surface area contributed by atoms with Crippen molar-refractivity contribution in [2.24, 2.45) is 4.99 Å². The highest BCUT2D eigenvalue weighted by Gasteiger charge is 2.20. The number of aromatic nitrogens is 1. The fourth-order valence-electron chi connectivity index (χ4n) is 2.92. The molecule has 2 amide bonds. The van der Waals surface area contributed by atoms with Crippen LogP contribution < -0.4 is 10.1 Å². The Balaban J connectivity index is 2.07. The zero-order valence-electron chi connectivity index (χ0n) is 16.4. The second kappa shape index (κ2) is 9.35. The molecular formula is C21H22ClN3O3S. The standard InChI is InChI=1S/C21H22ClN3O3S/c1-13-7-8-17-18(11-13)29-21(24-20(27)15-5-4-6-16(22)12-15)25(17)14(2)19(26)23-9-10-28-3/h4-8,11-12,14H,9-10H2,1-3H3,(H,23,26)/t14-/m0/s1. The van der Waals surface area contributed by atoms with Crippen molar-refractivity contribution in [3.05, 3.63) is 63.4 Å². The van der Waals surface area contributed by atoms with Crippen molar-refractivity contribution in [3.8, 4) is 0 Å². The quantitative estimate of drug-likeness (QED) is 0.604. The van der Waals surface area contributed by atoms with Crippen LogP contribution in [0.25, 0.3) is 10.2 Å². The first-order chi connectivity index (χ1) is 13.9. The molecule has 3 rings (SSSR count). The first kappa shape index (κ1) is 21.2. The van der Waals surface area contributed by atoms with E-state index in [1.165, 1.54) is 11.3 Å². The molecule has 0 aliphatic rings.